The van der Waals surface area contributed by atoms with Gasteiger partial charge in [-0.25, -0.2) is 4.79 Å². The first-order chi connectivity index (χ1) is 12.5. The molecule has 0 aliphatic heterocycles. The fourth-order valence-electron chi connectivity index (χ4n) is 2.21. The highest BCUT2D eigenvalue weighted by Gasteiger charge is 2.05. The van der Waals surface area contributed by atoms with Gasteiger partial charge in [-0.2, -0.15) is 0 Å². The van der Waals surface area contributed by atoms with E-state index in [9.17, 15) is 4.79 Å². The van der Waals surface area contributed by atoms with Crippen molar-refractivity contribution in [3.63, 3.8) is 0 Å². The lowest BCUT2D eigenvalue weighted by molar-refractivity contribution is 0.262. The Labute approximate surface area is 161 Å². The number of carbonyl (C=O) groups is 1. The van der Waals surface area contributed by atoms with Crippen LogP contribution in [-0.4, -0.2) is 6.03 Å². The minimum atomic E-state index is -0.351. The van der Waals surface area contributed by atoms with Gasteiger partial charge in [-0.3, -0.25) is 0 Å². The van der Waals surface area contributed by atoms with Gasteiger partial charge < -0.3 is 15.4 Å². The lowest BCUT2D eigenvalue weighted by Gasteiger charge is -2.10. The summed E-state index contributed by atoms with van der Waals surface area (Å²) in [6.07, 6.45) is 0. The molecule has 0 aliphatic rings. The summed E-state index contributed by atoms with van der Waals surface area (Å²) < 4.78 is 5.71. The Morgan fingerprint density at radius 3 is 1.96 bits per heavy atom. The number of rotatable bonds is 4. The van der Waals surface area contributed by atoms with Gasteiger partial charge in [0.2, 0.25) is 0 Å². The van der Waals surface area contributed by atoms with Crippen molar-refractivity contribution in [1.29, 1.82) is 0 Å². The Balaban J connectivity index is 1.58. The van der Waals surface area contributed by atoms with Gasteiger partial charge >= 0.3 is 6.03 Å². The number of amides is 2. The predicted octanol–water partition coefficient (Wildman–Crippen LogP) is 6.74. The number of hydrogen-bond donors (Lipinski definition) is 2. The van der Waals surface area contributed by atoms with Crippen molar-refractivity contribution >= 4 is 40.6 Å². The summed E-state index contributed by atoms with van der Waals surface area (Å²) in [5, 5.41) is 6.75. The second kappa shape index (κ2) is 8.13. The van der Waals surface area contributed by atoms with Crippen molar-refractivity contribution in [2.75, 3.05) is 10.6 Å². The van der Waals surface area contributed by atoms with Crippen LogP contribution in [0.3, 0.4) is 0 Å². The standard InChI is InChI=1S/C20H16Cl2N2O2/c1-13-2-5-16(12-19(13)22)24-20(25)23-15-6-10-18(11-7-15)26-17-8-3-14(21)4-9-17/h2-12H,1H3,(H2,23,24,25). The molecule has 0 heterocycles. The molecule has 0 atom stereocenters. The number of halogens is 2. The molecule has 0 saturated carbocycles. The first-order valence-corrected chi connectivity index (χ1v) is 8.63. The molecule has 0 radical (unpaired) electrons. The minimum Gasteiger partial charge on any atom is -0.457 e. The van der Waals surface area contributed by atoms with Crippen molar-refractivity contribution in [3.8, 4) is 11.5 Å². The highest BCUT2D eigenvalue weighted by atomic mass is 35.5. The third-order valence-electron chi connectivity index (χ3n) is 3.59. The van der Waals surface area contributed by atoms with Crippen LogP contribution in [0.4, 0.5) is 16.2 Å². The van der Waals surface area contributed by atoms with Crippen LogP contribution in [0, 0.1) is 6.92 Å². The van der Waals surface area contributed by atoms with Gasteiger partial charge in [-0.15, -0.1) is 0 Å². The molecule has 0 bridgehead atoms. The van der Waals surface area contributed by atoms with E-state index in [-0.39, 0.29) is 6.03 Å². The maximum Gasteiger partial charge on any atom is 0.323 e. The Kier molecular flexibility index (Phi) is 5.66. The summed E-state index contributed by atoms with van der Waals surface area (Å²) in [5.74, 6) is 1.34. The van der Waals surface area contributed by atoms with Crippen molar-refractivity contribution in [1.82, 2.24) is 0 Å². The van der Waals surface area contributed by atoms with Crippen LogP contribution in [-0.2, 0) is 0 Å². The molecule has 0 spiro atoms. The van der Waals surface area contributed by atoms with Gasteiger partial charge in [-0.05, 0) is 73.2 Å². The Bertz CT molecular complexity index is 910. The maximum absolute atomic E-state index is 12.1. The van der Waals surface area contributed by atoms with Gasteiger partial charge in [0.15, 0.2) is 0 Å². The number of anilines is 2. The molecule has 132 valence electrons. The van der Waals surface area contributed by atoms with E-state index in [0.29, 0.717) is 32.9 Å². The summed E-state index contributed by atoms with van der Waals surface area (Å²) in [6, 6.07) is 19.1. The van der Waals surface area contributed by atoms with Gasteiger partial charge in [0.05, 0.1) is 0 Å². The number of urea groups is 1. The van der Waals surface area contributed by atoms with E-state index in [1.807, 2.05) is 13.0 Å². The van der Waals surface area contributed by atoms with Crippen LogP contribution >= 0.6 is 23.2 Å². The number of ether oxygens (including phenoxy) is 1. The third kappa shape index (κ3) is 4.91. The zero-order chi connectivity index (χ0) is 18.5. The fourth-order valence-corrected chi connectivity index (χ4v) is 2.52. The molecular weight excluding hydrogens is 371 g/mol. The number of hydrogen-bond acceptors (Lipinski definition) is 2. The molecule has 0 saturated heterocycles. The van der Waals surface area contributed by atoms with Crippen LogP contribution < -0.4 is 15.4 Å². The molecule has 2 amide bonds. The average Bonchev–Trinajstić information content (AvgIpc) is 2.62. The van der Waals surface area contributed by atoms with E-state index in [2.05, 4.69) is 10.6 Å². The highest BCUT2D eigenvalue weighted by molar-refractivity contribution is 6.31. The molecular formula is C20H16Cl2N2O2. The SMILES string of the molecule is Cc1ccc(NC(=O)Nc2ccc(Oc3ccc(Cl)cc3)cc2)cc1Cl. The van der Waals surface area contributed by atoms with Crippen LogP contribution in [0.25, 0.3) is 0 Å². The van der Waals surface area contributed by atoms with Crippen LogP contribution in [0.2, 0.25) is 10.0 Å². The van der Waals surface area contributed by atoms with Crippen molar-refractivity contribution in [2.45, 2.75) is 6.92 Å². The van der Waals surface area contributed by atoms with Crippen LogP contribution in [0.5, 0.6) is 11.5 Å². The first-order valence-electron chi connectivity index (χ1n) is 7.87. The fraction of sp³-hybridized carbons (Fsp3) is 0.0500. The lowest BCUT2D eigenvalue weighted by Crippen LogP contribution is -2.19. The van der Waals surface area contributed by atoms with Gasteiger partial charge in [0.25, 0.3) is 0 Å². The Morgan fingerprint density at radius 1 is 0.808 bits per heavy atom. The predicted molar refractivity (Wildman–Crippen MR) is 107 cm³/mol. The first kappa shape index (κ1) is 18.1. The van der Waals surface area contributed by atoms with Gasteiger partial charge in [0.1, 0.15) is 11.5 Å². The topological polar surface area (TPSA) is 50.4 Å². The van der Waals surface area contributed by atoms with Crippen LogP contribution in [0.15, 0.2) is 66.7 Å². The van der Waals surface area contributed by atoms with Crippen molar-refractivity contribution in [3.05, 3.63) is 82.3 Å². The largest absolute Gasteiger partial charge is 0.457 e. The molecule has 4 nitrogen and oxygen atoms in total. The maximum atomic E-state index is 12.1. The lowest BCUT2D eigenvalue weighted by atomic mass is 10.2. The molecule has 2 N–H and O–H groups in total. The molecule has 26 heavy (non-hydrogen) atoms. The van der Waals surface area contributed by atoms with E-state index in [4.69, 9.17) is 27.9 Å². The average molecular weight is 387 g/mol. The second-order valence-corrected chi connectivity index (χ2v) is 6.47. The number of nitrogens with one attached hydrogen (secondary N) is 2. The second-order valence-electron chi connectivity index (χ2n) is 5.62. The van der Waals surface area contributed by atoms with E-state index in [1.54, 1.807) is 60.7 Å². The van der Waals surface area contributed by atoms with Crippen LogP contribution in [0.1, 0.15) is 5.56 Å². The van der Waals surface area contributed by atoms with E-state index < -0.39 is 0 Å². The molecule has 3 rings (SSSR count). The smallest absolute Gasteiger partial charge is 0.323 e. The van der Waals surface area contributed by atoms with Gasteiger partial charge in [0, 0.05) is 21.4 Å². The zero-order valence-corrected chi connectivity index (χ0v) is 15.4. The van der Waals surface area contributed by atoms with E-state index in [0.717, 1.165) is 5.56 Å². The van der Waals surface area contributed by atoms with E-state index in [1.165, 1.54) is 0 Å². The number of carbonyl (C=O) groups excluding carboxylic acids is 1. The van der Waals surface area contributed by atoms with Gasteiger partial charge in [-0.1, -0.05) is 29.3 Å². The quantitative estimate of drug-likeness (QED) is 0.521. The van der Waals surface area contributed by atoms with E-state index >= 15 is 0 Å². The summed E-state index contributed by atoms with van der Waals surface area (Å²) in [4.78, 5) is 12.1. The Hall–Kier alpha value is -2.69. The summed E-state index contributed by atoms with van der Waals surface area (Å²) in [5.41, 5.74) is 2.22. The molecule has 0 aliphatic carbocycles. The number of aryl methyl sites for hydroxylation is 1. The molecule has 6 heteroatoms. The third-order valence-corrected chi connectivity index (χ3v) is 4.25. The molecule has 3 aromatic rings. The molecule has 0 unspecified atom stereocenters. The number of benzene rings is 3. The normalized spacial score (nSPS) is 10.3. The minimum absolute atomic E-state index is 0.351. The molecule has 0 fully saturated rings. The van der Waals surface area contributed by atoms with Crippen molar-refractivity contribution < 1.29 is 9.53 Å². The summed E-state index contributed by atoms with van der Waals surface area (Å²) in [7, 11) is 0. The summed E-state index contributed by atoms with van der Waals surface area (Å²) >= 11 is 11.9. The van der Waals surface area contributed by atoms with Crippen molar-refractivity contribution in [2.24, 2.45) is 0 Å². The molecule has 3 aromatic carbocycles. The zero-order valence-electron chi connectivity index (χ0n) is 13.9. The molecule has 0 aromatic heterocycles. The monoisotopic (exact) mass is 386 g/mol. The Morgan fingerprint density at radius 2 is 1.35 bits per heavy atom. The highest BCUT2D eigenvalue weighted by Crippen LogP contribution is 2.25. The summed E-state index contributed by atoms with van der Waals surface area (Å²) in [6.45, 7) is 1.90.